The van der Waals surface area contributed by atoms with E-state index in [0.717, 1.165) is 59.5 Å². The number of ether oxygens (including phenoxy) is 2. The van der Waals surface area contributed by atoms with Gasteiger partial charge in [0.2, 0.25) is 5.91 Å². The number of carbonyl (C=O) groups excluding carboxylic acids is 2. The van der Waals surface area contributed by atoms with E-state index < -0.39 is 0 Å². The summed E-state index contributed by atoms with van der Waals surface area (Å²) in [6.07, 6.45) is 3.36. The first kappa shape index (κ1) is 25.0. The Kier molecular flexibility index (Phi) is 6.97. The molecule has 3 aromatic carbocycles. The van der Waals surface area contributed by atoms with E-state index in [4.69, 9.17) is 9.47 Å². The van der Waals surface area contributed by atoms with Crippen molar-refractivity contribution in [2.45, 2.75) is 38.1 Å². The molecule has 7 nitrogen and oxygen atoms in total. The number of H-pyrrole nitrogens is 1. The third-order valence-electron chi connectivity index (χ3n) is 7.84. The summed E-state index contributed by atoms with van der Waals surface area (Å²) in [4.78, 5) is 31.7. The molecule has 7 heteroatoms. The Balaban J connectivity index is 1.28. The fourth-order valence-electron chi connectivity index (χ4n) is 5.82. The van der Waals surface area contributed by atoms with Gasteiger partial charge < -0.3 is 24.7 Å². The maximum absolute atomic E-state index is 13.7. The third-order valence-corrected chi connectivity index (χ3v) is 7.84. The molecule has 0 radical (unpaired) electrons. The lowest BCUT2D eigenvalue weighted by atomic mass is 10.0. The standard InChI is InChI=1S/C32H33N3O4/c1-38-29-13-12-21-18-27-24(22-8-4-5-11-26(22)33-27)14-16-35(15-6-7-17-39-30(29)19-21)31(36)20-28-23-9-2-3-10-25(23)32(37)34-28/h2-5,8-13,19,28,33H,6-7,14-18,20H2,1H3,(H,34,37). The molecule has 2 aliphatic rings. The van der Waals surface area contributed by atoms with E-state index in [1.807, 2.05) is 41.3 Å². The Hall–Kier alpha value is -4.26. The smallest absolute Gasteiger partial charge is 0.252 e. The second kappa shape index (κ2) is 10.8. The zero-order valence-electron chi connectivity index (χ0n) is 22.2. The Labute approximate surface area is 228 Å². The van der Waals surface area contributed by atoms with Gasteiger partial charge in [0, 0.05) is 41.7 Å². The summed E-state index contributed by atoms with van der Waals surface area (Å²) in [6.45, 7) is 1.80. The number of methoxy groups -OCH3 is 1. The van der Waals surface area contributed by atoms with Gasteiger partial charge in [-0.05, 0) is 60.2 Å². The second-order valence-electron chi connectivity index (χ2n) is 10.3. The fourth-order valence-corrected chi connectivity index (χ4v) is 5.82. The summed E-state index contributed by atoms with van der Waals surface area (Å²) in [5.41, 5.74) is 6.18. The van der Waals surface area contributed by atoms with E-state index in [1.165, 1.54) is 10.9 Å². The third kappa shape index (κ3) is 5.09. The highest BCUT2D eigenvalue weighted by molar-refractivity contribution is 5.99. The van der Waals surface area contributed by atoms with Gasteiger partial charge in [0.15, 0.2) is 11.5 Å². The van der Waals surface area contributed by atoms with Gasteiger partial charge in [-0.15, -0.1) is 0 Å². The summed E-state index contributed by atoms with van der Waals surface area (Å²) >= 11 is 0. The SMILES string of the molecule is COc1ccc2cc1OCCCCN(C(=O)CC1NC(=O)c3ccccc31)CCc1c([nH]c3ccccc13)C2. The number of benzene rings is 3. The van der Waals surface area contributed by atoms with Crippen LogP contribution < -0.4 is 14.8 Å². The van der Waals surface area contributed by atoms with Crippen LogP contribution in [0.3, 0.4) is 0 Å². The lowest BCUT2D eigenvalue weighted by Gasteiger charge is -2.25. The predicted molar refractivity (Wildman–Crippen MR) is 150 cm³/mol. The molecule has 200 valence electrons. The van der Waals surface area contributed by atoms with Crippen molar-refractivity contribution in [1.82, 2.24) is 15.2 Å². The topological polar surface area (TPSA) is 83.7 Å². The van der Waals surface area contributed by atoms with E-state index in [1.54, 1.807) is 7.11 Å². The summed E-state index contributed by atoms with van der Waals surface area (Å²) in [6, 6.07) is 21.7. The van der Waals surface area contributed by atoms with Crippen LogP contribution in [0.1, 0.15) is 58.0 Å². The quantitative estimate of drug-likeness (QED) is 0.387. The average Bonchev–Trinajstić information content (AvgIpc) is 3.46. The number of amides is 2. The zero-order valence-corrected chi connectivity index (χ0v) is 22.2. The molecule has 2 N–H and O–H groups in total. The van der Waals surface area contributed by atoms with Gasteiger partial charge in [0.1, 0.15) is 0 Å². The lowest BCUT2D eigenvalue weighted by molar-refractivity contribution is -0.131. The normalized spacial score (nSPS) is 17.5. The predicted octanol–water partition coefficient (Wildman–Crippen LogP) is 5.19. The Bertz CT molecular complexity index is 1530. The Morgan fingerprint density at radius 1 is 1.05 bits per heavy atom. The molecule has 0 saturated heterocycles. The van der Waals surface area contributed by atoms with E-state index >= 15 is 0 Å². The van der Waals surface area contributed by atoms with Crippen molar-refractivity contribution < 1.29 is 19.1 Å². The monoisotopic (exact) mass is 523 g/mol. The van der Waals surface area contributed by atoms with Crippen LogP contribution in [-0.4, -0.2) is 48.5 Å². The van der Waals surface area contributed by atoms with Crippen molar-refractivity contribution in [1.29, 1.82) is 0 Å². The molecule has 39 heavy (non-hydrogen) atoms. The first-order valence-corrected chi connectivity index (χ1v) is 13.7. The molecule has 3 heterocycles. The minimum Gasteiger partial charge on any atom is -0.493 e. The minimum absolute atomic E-state index is 0.0540. The number of hydrogen-bond donors (Lipinski definition) is 2. The molecule has 1 unspecified atom stereocenters. The van der Waals surface area contributed by atoms with Crippen molar-refractivity contribution in [2.24, 2.45) is 0 Å². The van der Waals surface area contributed by atoms with Crippen molar-refractivity contribution in [3.63, 3.8) is 0 Å². The summed E-state index contributed by atoms with van der Waals surface area (Å²) in [5.74, 6) is 1.41. The summed E-state index contributed by atoms with van der Waals surface area (Å²) in [7, 11) is 1.66. The molecule has 1 aromatic heterocycles. The molecule has 0 spiro atoms. The number of nitrogens with zero attached hydrogens (tertiary/aromatic N) is 1. The van der Waals surface area contributed by atoms with E-state index in [-0.39, 0.29) is 24.3 Å². The highest BCUT2D eigenvalue weighted by Gasteiger charge is 2.31. The molecule has 2 bridgehead atoms. The van der Waals surface area contributed by atoms with Gasteiger partial charge in [-0.25, -0.2) is 0 Å². The van der Waals surface area contributed by atoms with Gasteiger partial charge in [-0.3, -0.25) is 9.59 Å². The largest absolute Gasteiger partial charge is 0.493 e. The number of para-hydroxylation sites is 1. The number of hydrogen-bond acceptors (Lipinski definition) is 4. The van der Waals surface area contributed by atoms with Gasteiger partial charge in [-0.1, -0.05) is 42.5 Å². The molecule has 6 rings (SSSR count). The van der Waals surface area contributed by atoms with E-state index in [0.29, 0.717) is 25.3 Å². The summed E-state index contributed by atoms with van der Waals surface area (Å²) in [5, 5.41) is 4.19. The van der Waals surface area contributed by atoms with Crippen molar-refractivity contribution in [3.05, 3.63) is 94.7 Å². The van der Waals surface area contributed by atoms with Crippen LogP contribution in [-0.2, 0) is 17.6 Å². The Morgan fingerprint density at radius 2 is 1.90 bits per heavy atom. The average molecular weight is 524 g/mol. The highest BCUT2D eigenvalue weighted by Crippen LogP contribution is 2.32. The zero-order chi connectivity index (χ0) is 26.8. The first-order chi connectivity index (χ1) is 19.1. The minimum atomic E-state index is -0.293. The number of rotatable bonds is 3. The number of aromatic amines is 1. The van der Waals surface area contributed by atoms with Gasteiger partial charge in [0.05, 0.1) is 26.2 Å². The van der Waals surface area contributed by atoms with Gasteiger partial charge in [0.25, 0.3) is 5.91 Å². The van der Waals surface area contributed by atoms with Crippen LogP contribution in [0.4, 0.5) is 0 Å². The van der Waals surface area contributed by atoms with Crippen molar-refractivity contribution >= 4 is 22.7 Å². The lowest BCUT2D eigenvalue weighted by Crippen LogP contribution is -2.36. The Morgan fingerprint density at radius 3 is 2.79 bits per heavy atom. The van der Waals surface area contributed by atoms with Crippen molar-refractivity contribution in [2.75, 3.05) is 26.8 Å². The van der Waals surface area contributed by atoms with Crippen LogP contribution >= 0.6 is 0 Å². The number of carbonyl (C=O) groups is 2. The van der Waals surface area contributed by atoms with E-state index in [2.05, 4.69) is 40.6 Å². The van der Waals surface area contributed by atoms with Crippen molar-refractivity contribution in [3.8, 4) is 11.5 Å². The number of nitrogens with one attached hydrogen (secondary N) is 2. The number of aromatic nitrogens is 1. The molecule has 4 aromatic rings. The first-order valence-electron chi connectivity index (χ1n) is 13.7. The van der Waals surface area contributed by atoms with Gasteiger partial charge >= 0.3 is 0 Å². The maximum atomic E-state index is 13.7. The maximum Gasteiger partial charge on any atom is 0.252 e. The molecule has 2 aliphatic heterocycles. The van der Waals surface area contributed by atoms with Gasteiger partial charge in [-0.2, -0.15) is 0 Å². The number of fused-ring (bicyclic) bond motifs is 6. The molecule has 0 fully saturated rings. The molecule has 1 atom stereocenters. The highest BCUT2D eigenvalue weighted by atomic mass is 16.5. The van der Waals surface area contributed by atoms with Crippen LogP contribution in [0, 0.1) is 0 Å². The molecule has 2 amide bonds. The summed E-state index contributed by atoms with van der Waals surface area (Å²) < 4.78 is 11.7. The second-order valence-corrected chi connectivity index (χ2v) is 10.3. The van der Waals surface area contributed by atoms with Crippen LogP contribution in [0.2, 0.25) is 0 Å². The molecular weight excluding hydrogens is 490 g/mol. The van der Waals surface area contributed by atoms with E-state index in [9.17, 15) is 9.59 Å². The van der Waals surface area contributed by atoms with Crippen LogP contribution in [0.15, 0.2) is 66.7 Å². The fraction of sp³-hybridized carbons (Fsp3) is 0.312. The molecular formula is C32H33N3O4. The molecule has 0 aliphatic carbocycles. The van der Waals surface area contributed by atoms with Crippen LogP contribution in [0.5, 0.6) is 11.5 Å². The molecule has 0 saturated carbocycles. The van der Waals surface area contributed by atoms with Crippen LogP contribution in [0.25, 0.3) is 10.9 Å².